The van der Waals surface area contributed by atoms with E-state index in [9.17, 15) is 9.70 Å². The number of hydrogen-bond acceptors (Lipinski definition) is 3. The van der Waals surface area contributed by atoms with Crippen LogP contribution >= 0.6 is 0 Å². The van der Waals surface area contributed by atoms with Crippen molar-refractivity contribution in [3.63, 3.8) is 0 Å². The van der Waals surface area contributed by atoms with Crippen LogP contribution in [0.15, 0.2) is 5.29 Å². The summed E-state index contributed by atoms with van der Waals surface area (Å²) in [7, 11) is 0. The van der Waals surface area contributed by atoms with Crippen LogP contribution in [0.2, 0.25) is 0 Å². The minimum atomic E-state index is -0.922. The number of aliphatic carboxylic acids is 1. The summed E-state index contributed by atoms with van der Waals surface area (Å²) >= 11 is 0. The summed E-state index contributed by atoms with van der Waals surface area (Å²) in [5.41, 5.74) is 0. The molecule has 1 saturated carbocycles. The molecule has 0 bridgehead atoms. The number of rotatable bonds is 2. The number of hydrogen-bond donors (Lipinski definition) is 1. The van der Waals surface area contributed by atoms with Crippen molar-refractivity contribution in [2.24, 2.45) is 11.2 Å². The van der Waals surface area contributed by atoms with Crippen molar-refractivity contribution >= 4 is 5.97 Å². The zero-order chi connectivity index (χ0) is 9.42. The van der Waals surface area contributed by atoms with Gasteiger partial charge in [0.1, 0.15) is 6.04 Å². The normalized spacial score (nSPS) is 37.5. The first-order valence-electron chi connectivity index (χ1n) is 4.58. The van der Waals surface area contributed by atoms with Gasteiger partial charge in [-0.05, 0) is 25.2 Å². The number of carboxylic acids is 1. The van der Waals surface area contributed by atoms with Crippen LogP contribution in [0.25, 0.3) is 0 Å². The molecule has 0 aromatic carbocycles. The molecule has 3 unspecified atom stereocenters. The molecule has 2 rings (SSSR count). The van der Waals surface area contributed by atoms with Gasteiger partial charge in [-0.25, -0.2) is 9.80 Å². The van der Waals surface area contributed by atoms with Crippen LogP contribution in [0.3, 0.4) is 0 Å². The summed E-state index contributed by atoms with van der Waals surface area (Å²) in [6.45, 7) is 0. The number of carbonyl (C=O) groups is 1. The van der Waals surface area contributed by atoms with E-state index in [1.807, 2.05) is 0 Å². The number of nitrogens with zero attached hydrogens (tertiary/aromatic N) is 2. The van der Waals surface area contributed by atoms with Crippen molar-refractivity contribution in [3.05, 3.63) is 4.91 Å². The van der Waals surface area contributed by atoms with Gasteiger partial charge >= 0.3 is 5.97 Å². The Bertz CT molecular complexity index is 244. The Kier molecular flexibility index (Phi) is 1.94. The van der Waals surface area contributed by atoms with E-state index < -0.39 is 12.0 Å². The molecule has 1 N–H and O–H groups in total. The second kappa shape index (κ2) is 2.97. The number of fused-ring (bicyclic) bond motifs is 1. The smallest absolute Gasteiger partial charge is 0.328 e. The van der Waals surface area contributed by atoms with Crippen LogP contribution in [0.4, 0.5) is 0 Å². The zero-order valence-corrected chi connectivity index (χ0v) is 7.22. The van der Waals surface area contributed by atoms with E-state index in [0.29, 0.717) is 12.3 Å². The molecule has 1 saturated heterocycles. The van der Waals surface area contributed by atoms with E-state index in [0.717, 1.165) is 19.3 Å². The fourth-order valence-electron chi connectivity index (χ4n) is 2.60. The maximum Gasteiger partial charge on any atom is 0.328 e. The fourth-order valence-corrected chi connectivity index (χ4v) is 2.60. The van der Waals surface area contributed by atoms with Gasteiger partial charge in [0, 0.05) is 0 Å². The summed E-state index contributed by atoms with van der Waals surface area (Å²) in [5.74, 6) is -0.548. The Morgan fingerprint density at radius 1 is 1.46 bits per heavy atom. The van der Waals surface area contributed by atoms with Crippen molar-refractivity contribution in [1.29, 1.82) is 0 Å². The van der Waals surface area contributed by atoms with Gasteiger partial charge in [0.15, 0.2) is 0 Å². The van der Waals surface area contributed by atoms with Crippen LogP contribution in [0.5, 0.6) is 0 Å². The van der Waals surface area contributed by atoms with Gasteiger partial charge in [0.2, 0.25) is 0 Å². The molecule has 0 spiro atoms. The molecular formula is C8H12N2O3. The maximum atomic E-state index is 10.8. The van der Waals surface area contributed by atoms with Gasteiger partial charge in [-0.2, -0.15) is 0 Å². The van der Waals surface area contributed by atoms with Crippen LogP contribution in [0.1, 0.15) is 25.7 Å². The highest BCUT2D eigenvalue weighted by molar-refractivity contribution is 5.74. The molecule has 0 amide bonds. The molecule has 13 heavy (non-hydrogen) atoms. The van der Waals surface area contributed by atoms with Crippen molar-refractivity contribution in [2.75, 3.05) is 0 Å². The van der Waals surface area contributed by atoms with Gasteiger partial charge in [0.05, 0.1) is 11.3 Å². The Labute approximate surface area is 75.7 Å². The molecule has 3 atom stereocenters. The highest BCUT2D eigenvalue weighted by Crippen LogP contribution is 2.41. The number of nitroso groups, excluding NO2 is 1. The lowest BCUT2D eigenvalue weighted by molar-refractivity contribution is -0.142. The van der Waals surface area contributed by atoms with Crippen LogP contribution in [-0.2, 0) is 4.79 Å². The predicted octanol–water partition coefficient (Wildman–Crippen LogP) is 0.995. The second-order valence-corrected chi connectivity index (χ2v) is 3.81. The molecule has 1 heterocycles. The molecule has 5 nitrogen and oxygen atoms in total. The summed E-state index contributed by atoms with van der Waals surface area (Å²) in [6.07, 6.45) is 3.64. The van der Waals surface area contributed by atoms with Gasteiger partial charge < -0.3 is 5.11 Å². The summed E-state index contributed by atoms with van der Waals surface area (Å²) < 4.78 is 0. The van der Waals surface area contributed by atoms with E-state index in [4.69, 9.17) is 5.11 Å². The average molecular weight is 184 g/mol. The third-order valence-corrected chi connectivity index (χ3v) is 3.18. The van der Waals surface area contributed by atoms with Crippen molar-refractivity contribution in [1.82, 2.24) is 5.01 Å². The van der Waals surface area contributed by atoms with Crippen LogP contribution < -0.4 is 0 Å². The molecule has 0 aromatic rings. The lowest BCUT2D eigenvalue weighted by Crippen LogP contribution is -2.36. The van der Waals surface area contributed by atoms with Gasteiger partial charge in [0.25, 0.3) is 0 Å². The molecule has 1 aliphatic carbocycles. The van der Waals surface area contributed by atoms with Crippen LogP contribution in [-0.4, -0.2) is 28.2 Å². The second-order valence-electron chi connectivity index (χ2n) is 3.81. The van der Waals surface area contributed by atoms with Crippen molar-refractivity contribution in [2.45, 2.75) is 37.8 Å². The minimum absolute atomic E-state index is 0.0959. The molecule has 5 heteroatoms. The van der Waals surface area contributed by atoms with E-state index in [2.05, 4.69) is 5.29 Å². The van der Waals surface area contributed by atoms with E-state index in [1.54, 1.807) is 0 Å². The minimum Gasteiger partial charge on any atom is -0.480 e. The first kappa shape index (κ1) is 8.47. The highest BCUT2D eigenvalue weighted by atomic mass is 16.4. The van der Waals surface area contributed by atoms with Gasteiger partial charge in [-0.3, -0.25) is 0 Å². The Hall–Kier alpha value is -1.13. The summed E-state index contributed by atoms with van der Waals surface area (Å²) in [4.78, 5) is 21.2. The van der Waals surface area contributed by atoms with Crippen molar-refractivity contribution < 1.29 is 9.90 Å². The molecule has 0 radical (unpaired) electrons. The SMILES string of the molecule is O=NN1C(C(=O)O)CC2CCCC21. The summed E-state index contributed by atoms with van der Waals surface area (Å²) in [5, 5.41) is 12.9. The highest BCUT2D eigenvalue weighted by Gasteiger charge is 2.47. The Morgan fingerprint density at radius 3 is 2.85 bits per heavy atom. The third kappa shape index (κ3) is 1.18. The van der Waals surface area contributed by atoms with Gasteiger partial charge in [-0.1, -0.05) is 6.42 Å². The lowest BCUT2D eigenvalue weighted by atomic mass is 10.0. The quantitative estimate of drug-likeness (QED) is 0.650. The Balaban J connectivity index is 2.17. The van der Waals surface area contributed by atoms with Crippen molar-refractivity contribution in [3.8, 4) is 0 Å². The third-order valence-electron chi connectivity index (χ3n) is 3.18. The summed E-state index contributed by atoms with van der Waals surface area (Å²) in [6, 6.07) is -0.577. The van der Waals surface area contributed by atoms with Crippen LogP contribution in [0, 0.1) is 10.8 Å². The first-order valence-corrected chi connectivity index (χ1v) is 4.58. The van der Waals surface area contributed by atoms with E-state index >= 15 is 0 Å². The maximum absolute atomic E-state index is 10.8. The molecule has 2 fully saturated rings. The molecule has 1 aliphatic heterocycles. The first-order chi connectivity index (χ1) is 6.24. The average Bonchev–Trinajstić information content (AvgIpc) is 2.60. The Morgan fingerprint density at radius 2 is 2.23 bits per heavy atom. The standard InChI is InChI=1S/C8H12N2O3/c11-8(12)7-4-5-2-1-3-6(5)10(7)9-13/h5-7H,1-4H2,(H,11,12). The van der Waals surface area contributed by atoms with E-state index in [-0.39, 0.29) is 6.04 Å². The zero-order valence-electron chi connectivity index (χ0n) is 7.22. The number of carboxylic acid groups (broad SMARTS) is 1. The van der Waals surface area contributed by atoms with Gasteiger partial charge in [-0.15, -0.1) is 4.91 Å². The lowest BCUT2D eigenvalue weighted by Gasteiger charge is -2.19. The molecule has 2 aliphatic rings. The molecule has 72 valence electrons. The van der Waals surface area contributed by atoms with E-state index in [1.165, 1.54) is 5.01 Å². The monoisotopic (exact) mass is 184 g/mol. The largest absolute Gasteiger partial charge is 0.480 e. The topological polar surface area (TPSA) is 70.0 Å². The molecule has 0 aromatic heterocycles. The fraction of sp³-hybridized carbons (Fsp3) is 0.875. The molecular weight excluding hydrogens is 172 g/mol. The predicted molar refractivity (Wildman–Crippen MR) is 44.8 cm³/mol.